The van der Waals surface area contributed by atoms with E-state index in [4.69, 9.17) is 4.84 Å². The molecule has 0 fully saturated rings. The lowest BCUT2D eigenvalue weighted by Gasteiger charge is -2.29. The molecule has 1 aliphatic carbocycles. The van der Waals surface area contributed by atoms with Crippen molar-refractivity contribution in [1.29, 1.82) is 0 Å². The summed E-state index contributed by atoms with van der Waals surface area (Å²) in [5.41, 5.74) is 6.58. The van der Waals surface area contributed by atoms with Crippen molar-refractivity contribution in [2.75, 3.05) is 6.61 Å². The van der Waals surface area contributed by atoms with Crippen molar-refractivity contribution in [2.24, 2.45) is 5.16 Å². The number of Topliss-reactive ketones (excluding diaryl/α,β-unsaturated/α-hetero) is 2. The van der Waals surface area contributed by atoms with E-state index in [0.29, 0.717) is 25.2 Å². The van der Waals surface area contributed by atoms with Crippen molar-refractivity contribution in [2.45, 2.75) is 73.6 Å². The third-order valence-electron chi connectivity index (χ3n) is 5.81. The molecule has 5 heteroatoms. The lowest BCUT2D eigenvalue weighted by molar-refractivity contribution is -0.116. The van der Waals surface area contributed by atoms with Crippen LogP contribution < -0.4 is 0 Å². The molecule has 1 aromatic rings. The van der Waals surface area contributed by atoms with Gasteiger partial charge in [-0.25, -0.2) is 0 Å². The third-order valence-corrected chi connectivity index (χ3v) is 5.81. The van der Waals surface area contributed by atoms with E-state index in [2.05, 4.69) is 5.16 Å². The van der Waals surface area contributed by atoms with E-state index < -0.39 is 0 Å². The first kappa shape index (κ1) is 21.9. The van der Waals surface area contributed by atoms with Crippen molar-refractivity contribution in [3.8, 4) is 0 Å². The van der Waals surface area contributed by atoms with Crippen LogP contribution in [0.2, 0.25) is 0 Å². The van der Waals surface area contributed by atoms with Crippen LogP contribution in [0.3, 0.4) is 0 Å². The number of hydrogen-bond acceptors (Lipinski definition) is 5. The molecule has 0 aliphatic heterocycles. The fourth-order valence-corrected chi connectivity index (χ4v) is 4.36. The maximum absolute atomic E-state index is 12.9. The van der Waals surface area contributed by atoms with E-state index in [1.807, 2.05) is 41.5 Å². The topological polar surface area (TPSA) is 76.0 Å². The van der Waals surface area contributed by atoms with Gasteiger partial charge >= 0.3 is 0 Å². The zero-order valence-electron chi connectivity index (χ0n) is 18.0. The Morgan fingerprint density at radius 2 is 1.71 bits per heavy atom. The van der Waals surface area contributed by atoms with Crippen LogP contribution in [0, 0.1) is 27.7 Å². The largest absolute Gasteiger partial charge is 0.511 e. The molecule has 2 rings (SSSR count). The van der Waals surface area contributed by atoms with Crippen LogP contribution >= 0.6 is 0 Å². The molecule has 1 aromatic carbocycles. The quantitative estimate of drug-likeness (QED) is 0.416. The first-order chi connectivity index (χ1) is 13.1. The number of carbonyl (C=O) groups is 2. The Hall–Kier alpha value is -2.43. The number of rotatable bonds is 6. The second-order valence-electron chi connectivity index (χ2n) is 7.50. The van der Waals surface area contributed by atoms with Crippen LogP contribution in [0.4, 0.5) is 0 Å². The van der Waals surface area contributed by atoms with Crippen LogP contribution in [-0.2, 0) is 9.63 Å². The smallest absolute Gasteiger partial charge is 0.168 e. The molecule has 28 heavy (non-hydrogen) atoms. The number of aliphatic hydroxyl groups excluding tert-OH is 1. The molecule has 0 bridgehead atoms. The highest BCUT2D eigenvalue weighted by atomic mass is 16.6. The van der Waals surface area contributed by atoms with Crippen molar-refractivity contribution in [1.82, 2.24) is 0 Å². The van der Waals surface area contributed by atoms with Gasteiger partial charge in [0, 0.05) is 18.4 Å². The van der Waals surface area contributed by atoms with Crippen LogP contribution in [0.25, 0.3) is 0 Å². The summed E-state index contributed by atoms with van der Waals surface area (Å²) < 4.78 is 0. The highest BCUT2D eigenvalue weighted by molar-refractivity contribution is 6.23. The summed E-state index contributed by atoms with van der Waals surface area (Å²) >= 11 is 0. The summed E-state index contributed by atoms with van der Waals surface area (Å²) in [6.45, 7) is 13.6. The highest BCUT2D eigenvalue weighted by Gasteiger charge is 2.33. The van der Waals surface area contributed by atoms with Crippen molar-refractivity contribution < 1.29 is 19.5 Å². The Labute approximate surface area is 167 Å². The maximum Gasteiger partial charge on any atom is 0.168 e. The number of oxime groups is 1. The predicted molar refractivity (Wildman–Crippen MR) is 111 cm³/mol. The van der Waals surface area contributed by atoms with Crippen molar-refractivity contribution in [3.63, 3.8) is 0 Å². The summed E-state index contributed by atoms with van der Waals surface area (Å²) in [7, 11) is 0. The van der Waals surface area contributed by atoms with Crippen LogP contribution in [0.15, 0.2) is 16.5 Å². The monoisotopic (exact) mass is 385 g/mol. The fraction of sp³-hybridized carbons (Fsp3) is 0.522. The van der Waals surface area contributed by atoms with Gasteiger partial charge in [0.1, 0.15) is 12.4 Å². The molecule has 0 radical (unpaired) electrons. The molecule has 0 saturated carbocycles. The second-order valence-corrected chi connectivity index (χ2v) is 7.50. The minimum atomic E-state index is -0.154. The minimum absolute atomic E-state index is 0.0269. The predicted octanol–water partition coefficient (Wildman–Crippen LogP) is 5.18. The maximum atomic E-state index is 12.9. The van der Waals surface area contributed by atoms with E-state index in [9.17, 15) is 14.7 Å². The van der Waals surface area contributed by atoms with Gasteiger partial charge in [-0.3, -0.25) is 9.59 Å². The Balaban J connectivity index is 2.57. The average molecular weight is 386 g/mol. The molecule has 0 saturated heterocycles. The van der Waals surface area contributed by atoms with Gasteiger partial charge in [0.05, 0.1) is 11.3 Å². The second kappa shape index (κ2) is 8.72. The molecule has 0 heterocycles. The standard InChI is InChI=1S/C23H31NO4/c1-8-18(24-28-9-2)23-19(26)10-17(11-20(23)27)22-14(5)12(3)13(4)21(15(22)6)16(7)25/h17,26H,8-11H2,1-7H3/b24-18-. The van der Waals surface area contributed by atoms with E-state index in [1.54, 1.807) is 6.92 Å². The Morgan fingerprint density at radius 3 is 2.21 bits per heavy atom. The number of ketones is 2. The molecule has 0 spiro atoms. The van der Waals surface area contributed by atoms with Crippen LogP contribution in [0.1, 0.15) is 84.1 Å². The third kappa shape index (κ3) is 3.89. The Kier molecular flexibility index (Phi) is 6.81. The first-order valence-corrected chi connectivity index (χ1v) is 9.91. The van der Waals surface area contributed by atoms with Crippen LogP contribution in [-0.4, -0.2) is 29.0 Å². The Morgan fingerprint density at radius 1 is 1.07 bits per heavy atom. The Bertz CT molecular complexity index is 877. The number of hydrogen-bond donors (Lipinski definition) is 1. The molecule has 0 aromatic heterocycles. The van der Waals surface area contributed by atoms with E-state index in [1.165, 1.54) is 0 Å². The lowest BCUT2D eigenvalue weighted by Crippen LogP contribution is -2.25. The molecular formula is C23H31NO4. The molecule has 0 amide bonds. The van der Waals surface area contributed by atoms with Gasteiger partial charge in [-0.2, -0.15) is 0 Å². The molecule has 1 aliphatic rings. The zero-order chi connectivity index (χ0) is 21.2. The summed E-state index contributed by atoms with van der Waals surface area (Å²) in [5, 5.41) is 14.7. The van der Waals surface area contributed by atoms with E-state index in [0.717, 1.165) is 33.4 Å². The van der Waals surface area contributed by atoms with Gasteiger partial charge in [0.25, 0.3) is 0 Å². The zero-order valence-corrected chi connectivity index (χ0v) is 18.0. The highest BCUT2D eigenvalue weighted by Crippen LogP contribution is 2.40. The number of nitrogens with zero attached hydrogens (tertiary/aromatic N) is 1. The number of allylic oxidation sites excluding steroid dienone is 2. The molecule has 5 nitrogen and oxygen atoms in total. The number of carbonyl (C=O) groups excluding carboxylic acids is 2. The SMILES string of the molecule is CCO/N=C(/CC)C1=C(O)CC(c2c(C)c(C)c(C)c(C(C)=O)c2C)CC1=O. The van der Waals surface area contributed by atoms with E-state index >= 15 is 0 Å². The lowest BCUT2D eigenvalue weighted by atomic mass is 9.75. The molecule has 152 valence electrons. The van der Waals surface area contributed by atoms with Gasteiger partial charge in [-0.1, -0.05) is 12.1 Å². The summed E-state index contributed by atoms with van der Waals surface area (Å²) in [4.78, 5) is 30.3. The number of benzene rings is 1. The number of aliphatic hydroxyl groups is 1. The van der Waals surface area contributed by atoms with Gasteiger partial charge in [0.2, 0.25) is 0 Å². The molecule has 1 atom stereocenters. The van der Waals surface area contributed by atoms with Gasteiger partial charge in [-0.15, -0.1) is 0 Å². The normalized spacial score (nSPS) is 17.9. The summed E-state index contributed by atoms with van der Waals surface area (Å²) in [6, 6.07) is 0. The summed E-state index contributed by atoms with van der Waals surface area (Å²) in [5.74, 6) is -0.198. The minimum Gasteiger partial charge on any atom is -0.511 e. The summed E-state index contributed by atoms with van der Waals surface area (Å²) in [6.07, 6.45) is 1.14. The van der Waals surface area contributed by atoms with E-state index in [-0.39, 0.29) is 35.2 Å². The van der Waals surface area contributed by atoms with Crippen molar-refractivity contribution in [3.05, 3.63) is 44.7 Å². The van der Waals surface area contributed by atoms with Crippen LogP contribution in [0.5, 0.6) is 0 Å². The van der Waals surface area contributed by atoms with Crippen molar-refractivity contribution >= 4 is 17.3 Å². The van der Waals surface area contributed by atoms with Gasteiger partial charge in [-0.05, 0) is 81.7 Å². The molecular weight excluding hydrogens is 354 g/mol. The average Bonchev–Trinajstić information content (AvgIpc) is 2.62. The first-order valence-electron chi connectivity index (χ1n) is 9.91. The van der Waals surface area contributed by atoms with Gasteiger partial charge in [0.15, 0.2) is 11.6 Å². The molecule has 1 N–H and O–H groups in total. The molecule has 1 unspecified atom stereocenters. The fourth-order valence-electron chi connectivity index (χ4n) is 4.36. The van der Waals surface area contributed by atoms with Gasteiger partial charge < -0.3 is 9.94 Å².